The topological polar surface area (TPSA) is 9.23 Å². The molecule has 3 heteroatoms. The van der Waals surface area contributed by atoms with E-state index in [1.165, 1.54) is 70.8 Å². The van der Waals surface area contributed by atoms with Crippen LogP contribution in [0.4, 0.5) is 0 Å². The minimum Gasteiger partial charge on any atom is -0.455 e. The molecule has 2 unspecified atom stereocenters. The summed E-state index contributed by atoms with van der Waals surface area (Å²) in [6.45, 7) is 24.1. The third-order valence-corrected chi connectivity index (χ3v) is 14.4. The second kappa shape index (κ2) is 14.1. The standard InChI is InChI=1S/C46H48OP2/c1-11-30(3)24-36(12-2)48(38-26-32(5)22-33(6)27-38)42-20-14-18-40-44(42)47-45-41(46(40,9)10)19-15-21-43(45)49(37-17-13-16-31(4)25-37)39-28-34(7)23-35(8)29-39/h11-29H,1H2,2-10H3/b30-24-,36-12+. The van der Waals surface area contributed by atoms with Crippen LogP contribution in [0.5, 0.6) is 11.5 Å². The van der Waals surface area contributed by atoms with Crippen molar-refractivity contribution in [1.29, 1.82) is 0 Å². The van der Waals surface area contributed by atoms with Gasteiger partial charge in [0.2, 0.25) is 0 Å². The molecule has 0 saturated carbocycles. The van der Waals surface area contributed by atoms with E-state index in [-0.39, 0.29) is 5.41 Å². The maximum Gasteiger partial charge on any atom is 0.139 e. The lowest BCUT2D eigenvalue weighted by molar-refractivity contribution is 0.425. The highest BCUT2D eigenvalue weighted by Gasteiger charge is 2.39. The summed E-state index contributed by atoms with van der Waals surface area (Å²) in [6, 6.07) is 36.7. The molecule has 49 heavy (non-hydrogen) atoms. The molecule has 0 N–H and O–H groups in total. The van der Waals surface area contributed by atoms with Gasteiger partial charge < -0.3 is 4.74 Å². The summed E-state index contributed by atoms with van der Waals surface area (Å²) in [4.78, 5) is 0. The summed E-state index contributed by atoms with van der Waals surface area (Å²) in [5, 5.41) is 7.83. The first-order chi connectivity index (χ1) is 23.4. The van der Waals surface area contributed by atoms with Crippen LogP contribution in [0.2, 0.25) is 0 Å². The first kappa shape index (κ1) is 34.8. The molecule has 0 bridgehead atoms. The van der Waals surface area contributed by atoms with Crippen molar-refractivity contribution in [2.75, 3.05) is 0 Å². The first-order valence-electron chi connectivity index (χ1n) is 17.2. The van der Waals surface area contributed by atoms with Crippen molar-refractivity contribution >= 4 is 42.4 Å². The molecule has 0 aliphatic carbocycles. The number of fused-ring (bicyclic) bond motifs is 2. The first-order valence-corrected chi connectivity index (χ1v) is 19.8. The van der Waals surface area contributed by atoms with Gasteiger partial charge in [-0.2, -0.15) is 0 Å². The van der Waals surface area contributed by atoms with Gasteiger partial charge in [-0.25, -0.2) is 0 Å². The summed E-state index contributed by atoms with van der Waals surface area (Å²) < 4.78 is 7.44. The van der Waals surface area contributed by atoms with Crippen LogP contribution in [-0.2, 0) is 5.41 Å². The summed E-state index contributed by atoms with van der Waals surface area (Å²) in [5.41, 5.74) is 9.76. The Bertz CT molecular complexity index is 2090. The van der Waals surface area contributed by atoms with Gasteiger partial charge in [0.1, 0.15) is 11.5 Å². The molecule has 248 valence electrons. The van der Waals surface area contributed by atoms with Crippen LogP contribution >= 0.6 is 15.8 Å². The second-order valence-corrected chi connectivity index (χ2v) is 18.4. The largest absolute Gasteiger partial charge is 0.455 e. The fourth-order valence-electron chi connectivity index (χ4n) is 7.20. The van der Waals surface area contributed by atoms with Crippen LogP contribution in [0.25, 0.3) is 0 Å². The zero-order valence-electron chi connectivity index (χ0n) is 30.5. The molecule has 1 aliphatic heterocycles. The van der Waals surface area contributed by atoms with Crippen LogP contribution in [-0.4, -0.2) is 0 Å². The summed E-state index contributed by atoms with van der Waals surface area (Å²) in [6.07, 6.45) is 6.53. The molecule has 5 aromatic carbocycles. The Hall–Kier alpha value is -4.02. The highest BCUT2D eigenvalue weighted by atomic mass is 31.1. The van der Waals surface area contributed by atoms with Gasteiger partial charge in [-0.05, 0) is 85.5 Å². The van der Waals surface area contributed by atoms with Crippen LogP contribution < -0.4 is 31.3 Å². The van der Waals surface area contributed by atoms with Crippen molar-refractivity contribution in [1.82, 2.24) is 0 Å². The number of allylic oxidation sites excluding steroid dienone is 5. The highest BCUT2D eigenvalue weighted by molar-refractivity contribution is 7.80. The van der Waals surface area contributed by atoms with Gasteiger partial charge in [0.25, 0.3) is 0 Å². The molecule has 6 rings (SSSR count). The van der Waals surface area contributed by atoms with Gasteiger partial charge in [-0.3, -0.25) is 0 Å². The molecule has 0 saturated heterocycles. The van der Waals surface area contributed by atoms with E-state index in [9.17, 15) is 0 Å². The summed E-state index contributed by atoms with van der Waals surface area (Å²) >= 11 is 0. The smallest absolute Gasteiger partial charge is 0.139 e. The molecular weight excluding hydrogens is 630 g/mol. The number of ether oxygens (including phenoxy) is 1. The highest BCUT2D eigenvalue weighted by Crippen LogP contribution is 2.54. The molecule has 5 aromatic rings. The zero-order chi connectivity index (χ0) is 35.0. The monoisotopic (exact) mass is 678 g/mol. The lowest BCUT2D eigenvalue weighted by atomic mass is 9.76. The van der Waals surface area contributed by atoms with E-state index >= 15 is 0 Å². The number of aryl methyl sites for hydroxylation is 5. The van der Waals surface area contributed by atoms with E-state index in [0.717, 1.165) is 17.1 Å². The van der Waals surface area contributed by atoms with Gasteiger partial charge in [-0.1, -0.05) is 169 Å². The van der Waals surface area contributed by atoms with E-state index in [2.05, 4.69) is 178 Å². The lowest BCUT2D eigenvalue weighted by Crippen LogP contribution is -2.32. The number of benzene rings is 5. The van der Waals surface area contributed by atoms with Gasteiger partial charge >= 0.3 is 0 Å². The Morgan fingerprint density at radius 2 is 1.14 bits per heavy atom. The number of rotatable bonds is 8. The zero-order valence-corrected chi connectivity index (χ0v) is 32.3. The molecular formula is C46H48OP2. The number of hydrogen-bond acceptors (Lipinski definition) is 1. The Balaban J connectivity index is 1.63. The van der Waals surface area contributed by atoms with Gasteiger partial charge in [0.05, 0.1) is 0 Å². The predicted molar refractivity (Wildman–Crippen MR) is 218 cm³/mol. The lowest BCUT2D eigenvalue weighted by Gasteiger charge is -2.38. The fraction of sp³-hybridized carbons (Fsp3) is 0.217. The van der Waals surface area contributed by atoms with Gasteiger partial charge in [-0.15, -0.1) is 0 Å². The Labute approximate surface area is 297 Å². The van der Waals surface area contributed by atoms with Crippen LogP contribution in [0.3, 0.4) is 0 Å². The molecule has 0 amide bonds. The molecule has 0 radical (unpaired) electrons. The van der Waals surface area contributed by atoms with Crippen LogP contribution in [0, 0.1) is 34.6 Å². The van der Waals surface area contributed by atoms with Gasteiger partial charge in [0, 0.05) is 27.2 Å². The van der Waals surface area contributed by atoms with Crippen molar-refractivity contribution < 1.29 is 4.74 Å². The summed E-state index contributed by atoms with van der Waals surface area (Å²) in [7, 11) is -1.84. The van der Waals surface area contributed by atoms with E-state index in [4.69, 9.17) is 4.74 Å². The van der Waals surface area contributed by atoms with Gasteiger partial charge in [0.15, 0.2) is 0 Å². The molecule has 0 aromatic heterocycles. The maximum absolute atomic E-state index is 7.44. The van der Waals surface area contributed by atoms with Crippen molar-refractivity contribution in [2.45, 2.75) is 67.7 Å². The average molecular weight is 679 g/mol. The number of hydrogen-bond donors (Lipinski definition) is 0. The van der Waals surface area contributed by atoms with E-state index in [1.807, 2.05) is 6.08 Å². The number of para-hydroxylation sites is 2. The van der Waals surface area contributed by atoms with Crippen molar-refractivity contribution in [3.05, 3.63) is 172 Å². The molecule has 1 heterocycles. The van der Waals surface area contributed by atoms with E-state index < -0.39 is 15.8 Å². The molecule has 1 nitrogen and oxygen atoms in total. The molecule has 0 fully saturated rings. The van der Waals surface area contributed by atoms with E-state index in [1.54, 1.807) is 0 Å². The Morgan fingerprint density at radius 3 is 1.69 bits per heavy atom. The van der Waals surface area contributed by atoms with Crippen LogP contribution in [0.1, 0.15) is 66.6 Å². The second-order valence-electron chi connectivity index (χ2n) is 14.0. The molecule has 0 spiro atoms. The van der Waals surface area contributed by atoms with Crippen molar-refractivity contribution in [2.24, 2.45) is 0 Å². The molecule has 1 aliphatic rings. The SMILES string of the molecule is C=C/C(C)=C\C(=C/C)P(c1cc(C)cc(C)c1)c1cccc2c1Oc1c(P(c3cccc(C)c3)c3cc(C)cc(C)c3)cccc1C2(C)C. The fourth-order valence-corrected chi connectivity index (χ4v) is 12.6. The van der Waals surface area contributed by atoms with Crippen molar-refractivity contribution in [3.63, 3.8) is 0 Å². The minimum atomic E-state index is -0.939. The average Bonchev–Trinajstić information content (AvgIpc) is 3.04. The third kappa shape index (κ3) is 6.90. The van der Waals surface area contributed by atoms with Crippen LogP contribution in [0.15, 0.2) is 133 Å². The Morgan fingerprint density at radius 1 is 0.633 bits per heavy atom. The van der Waals surface area contributed by atoms with E-state index in [0.29, 0.717) is 0 Å². The Kier molecular flexibility index (Phi) is 10.0. The predicted octanol–water partition coefficient (Wildman–Crippen LogP) is 10.9. The quantitative estimate of drug-likeness (QED) is 0.117. The van der Waals surface area contributed by atoms with Crippen molar-refractivity contribution in [3.8, 4) is 11.5 Å². The third-order valence-electron chi connectivity index (χ3n) is 9.46. The normalized spacial score (nSPS) is 15.1. The maximum atomic E-state index is 7.44. The molecule has 2 atom stereocenters. The summed E-state index contributed by atoms with van der Waals surface area (Å²) in [5.74, 6) is 2.01. The minimum absolute atomic E-state index is 0.266.